The molecule has 0 aromatic heterocycles. The Bertz CT molecular complexity index is 385. The highest BCUT2D eigenvalue weighted by molar-refractivity contribution is 6.32. The first kappa shape index (κ1) is 13.3. The van der Waals surface area contributed by atoms with Crippen LogP contribution in [0.4, 0.5) is 0 Å². The fourth-order valence-electron chi connectivity index (χ4n) is 1.52. The van der Waals surface area contributed by atoms with E-state index < -0.39 is 11.6 Å². The summed E-state index contributed by atoms with van der Waals surface area (Å²) in [7, 11) is 1.56. The number of hydrogen-bond donors (Lipinski definition) is 2. The Balaban J connectivity index is 3.21. The van der Waals surface area contributed by atoms with Gasteiger partial charge in [0.15, 0.2) is 0 Å². The lowest BCUT2D eigenvalue weighted by atomic mass is 9.90. The van der Waals surface area contributed by atoms with Gasteiger partial charge in [-0.2, -0.15) is 0 Å². The molecule has 0 spiro atoms. The largest absolute Gasteiger partial charge is 0.495 e. The van der Waals surface area contributed by atoms with Gasteiger partial charge in [-0.05, 0) is 44.0 Å². The molecule has 1 rings (SSSR count). The lowest BCUT2D eigenvalue weighted by molar-refractivity contribution is 0.104. The van der Waals surface area contributed by atoms with Crippen LogP contribution in [-0.4, -0.2) is 17.8 Å². The van der Waals surface area contributed by atoms with Gasteiger partial charge in [-0.25, -0.2) is 0 Å². The molecule has 0 heterocycles. The van der Waals surface area contributed by atoms with Gasteiger partial charge in [-0.1, -0.05) is 11.6 Å². The summed E-state index contributed by atoms with van der Waals surface area (Å²) in [5.41, 5.74) is 6.81. The van der Waals surface area contributed by atoms with E-state index in [1.807, 2.05) is 6.92 Å². The normalized spacial score (nSPS) is 13.7. The Morgan fingerprint density at radius 1 is 1.44 bits per heavy atom. The van der Waals surface area contributed by atoms with Gasteiger partial charge in [0, 0.05) is 5.54 Å². The Morgan fingerprint density at radius 2 is 2.00 bits per heavy atom. The van der Waals surface area contributed by atoms with E-state index in [-0.39, 0.29) is 0 Å². The molecule has 1 aromatic carbocycles. The van der Waals surface area contributed by atoms with E-state index in [0.717, 1.165) is 11.1 Å². The summed E-state index contributed by atoms with van der Waals surface area (Å²) in [6, 6.07) is 3.50. The number of ether oxygens (including phenoxy) is 1. The van der Waals surface area contributed by atoms with Gasteiger partial charge in [-0.3, -0.25) is 0 Å². The van der Waals surface area contributed by atoms with Gasteiger partial charge in [-0.15, -0.1) is 0 Å². The molecule has 3 nitrogen and oxygen atoms in total. The standard InChI is InChI=1S/C12H18ClNO2/c1-7-5-10(16-4)9(13)6-8(7)11(15)12(2,3)14/h5-6,11,15H,14H2,1-4H3. The lowest BCUT2D eigenvalue weighted by Crippen LogP contribution is -2.39. The van der Waals surface area contributed by atoms with Gasteiger partial charge in [0.05, 0.1) is 18.2 Å². The third kappa shape index (κ3) is 2.67. The molecule has 0 fully saturated rings. The van der Waals surface area contributed by atoms with Crippen molar-refractivity contribution in [3.8, 4) is 5.75 Å². The average molecular weight is 244 g/mol. The molecule has 1 aromatic rings. The quantitative estimate of drug-likeness (QED) is 0.857. The van der Waals surface area contributed by atoms with Crippen molar-refractivity contribution in [2.24, 2.45) is 5.73 Å². The highest BCUT2D eigenvalue weighted by atomic mass is 35.5. The molecule has 3 N–H and O–H groups in total. The van der Waals surface area contributed by atoms with Crippen LogP contribution in [0.5, 0.6) is 5.75 Å². The van der Waals surface area contributed by atoms with Gasteiger partial charge < -0.3 is 15.6 Å². The Kier molecular flexibility index (Phi) is 3.84. The maximum absolute atomic E-state index is 10.1. The average Bonchev–Trinajstić information content (AvgIpc) is 2.18. The molecule has 0 saturated heterocycles. The fraction of sp³-hybridized carbons (Fsp3) is 0.500. The second-order valence-electron chi connectivity index (χ2n) is 4.57. The predicted molar refractivity (Wildman–Crippen MR) is 66.0 cm³/mol. The second-order valence-corrected chi connectivity index (χ2v) is 4.97. The van der Waals surface area contributed by atoms with E-state index in [2.05, 4.69) is 0 Å². The molecule has 0 bridgehead atoms. The van der Waals surface area contributed by atoms with E-state index in [9.17, 15) is 5.11 Å². The zero-order valence-corrected chi connectivity index (χ0v) is 10.8. The molecule has 0 amide bonds. The SMILES string of the molecule is COc1cc(C)c(C(O)C(C)(C)N)cc1Cl. The topological polar surface area (TPSA) is 55.5 Å². The molecule has 0 aliphatic carbocycles. The van der Waals surface area contributed by atoms with E-state index in [4.69, 9.17) is 22.1 Å². The monoisotopic (exact) mass is 243 g/mol. The van der Waals surface area contributed by atoms with Gasteiger partial charge in [0.25, 0.3) is 0 Å². The summed E-state index contributed by atoms with van der Waals surface area (Å²) >= 11 is 6.02. The number of halogens is 1. The maximum atomic E-state index is 10.1. The fourth-order valence-corrected chi connectivity index (χ4v) is 1.77. The third-order valence-electron chi connectivity index (χ3n) is 2.54. The molecule has 0 saturated carbocycles. The van der Waals surface area contributed by atoms with Crippen molar-refractivity contribution in [1.29, 1.82) is 0 Å². The smallest absolute Gasteiger partial charge is 0.137 e. The maximum Gasteiger partial charge on any atom is 0.137 e. The van der Waals surface area contributed by atoms with E-state index in [0.29, 0.717) is 10.8 Å². The molecule has 0 radical (unpaired) electrons. The van der Waals surface area contributed by atoms with Crippen LogP contribution >= 0.6 is 11.6 Å². The van der Waals surface area contributed by atoms with Crippen molar-refractivity contribution in [3.05, 3.63) is 28.3 Å². The zero-order chi connectivity index (χ0) is 12.5. The van der Waals surface area contributed by atoms with E-state index >= 15 is 0 Å². The Hall–Kier alpha value is -0.770. The van der Waals surface area contributed by atoms with Crippen LogP contribution in [0.15, 0.2) is 12.1 Å². The molecule has 90 valence electrons. The van der Waals surface area contributed by atoms with Crippen LogP contribution < -0.4 is 10.5 Å². The number of aryl methyl sites for hydroxylation is 1. The van der Waals surface area contributed by atoms with Crippen molar-refractivity contribution in [2.75, 3.05) is 7.11 Å². The summed E-state index contributed by atoms with van der Waals surface area (Å²) < 4.78 is 5.10. The summed E-state index contributed by atoms with van der Waals surface area (Å²) in [6.45, 7) is 5.44. The Morgan fingerprint density at radius 3 is 2.44 bits per heavy atom. The summed E-state index contributed by atoms with van der Waals surface area (Å²) in [6.07, 6.45) is -0.754. The van der Waals surface area contributed by atoms with Crippen LogP contribution in [0.25, 0.3) is 0 Å². The minimum Gasteiger partial charge on any atom is -0.495 e. The van der Waals surface area contributed by atoms with Crippen molar-refractivity contribution in [1.82, 2.24) is 0 Å². The van der Waals surface area contributed by atoms with E-state index in [1.54, 1.807) is 33.1 Å². The van der Waals surface area contributed by atoms with E-state index in [1.165, 1.54) is 0 Å². The summed E-state index contributed by atoms with van der Waals surface area (Å²) in [5, 5.41) is 10.6. The molecule has 16 heavy (non-hydrogen) atoms. The van der Waals surface area contributed by atoms with Crippen molar-refractivity contribution in [3.63, 3.8) is 0 Å². The number of hydrogen-bond acceptors (Lipinski definition) is 3. The van der Waals surface area contributed by atoms with Crippen LogP contribution in [0.1, 0.15) is 31.1 Å². The van der Waals surface area contributed by atoms with Crippen LogP contribution in [0, 0.1) is 6.92 Å². The third-order valence-corrected chi connectivity index (χ3v) is 2.84. The molecular formula is C12H18ClNO2. The number of rotatable bonds is 3. The van der Waals surface area contributed by atoms with Gasteiger partial charge in [0.1, 0.15) is 5.75 Å². The number of benzene rings is 1. The Labute approximate surface area is 101 Å². The van der Waals surface area contributed by atoms with Crippen LogP contribution in [-0.2, 0) is 0 Å². The molecule has 0 aliphatic rings. The van der Waals surface area contributed by atoms with Crippen LogP contribution in [0.3, 0.4) is 0 Å². The lowest BCUT2D eigenvalue weighted by Gasteiger charge is -2.27. The first-order valence-electron chi connectivity index (χ1n) is 5.08. The first-order valence-corrected chi connectivity index (χ1v) is 5.46. The van der Waals surface area contributed by atoms with Crippen molar-refractivity contribution < 1.29 is 9.84 Å². The molecular weight excluding hydrogens is 226 g/mol. The van der Waals surface area contributed by atoms with Crippen molar-refractivity contribution >= 4 is 11.6 Å². The second kappa shape index (κ2) is 4.62. The van der Waals surface area contributed by atoms with Gasteiger partial charge in [0.2, 0.25) is 0 Å². The van der Waals surface area contributed by atoms with Crippen molar-refractivity contribution in [2.45, 2.75) is 32.4 Å². The molecule has 1 unspecified atom stereocenters. The highest BCUT2D eigenvalue weighted by Gasteiger charge is 2.26. The minimum atomic E-state index is -0.754. The first-order chi connectivity index (χ1) is 7.27. The van der Waals surface area contributed by atoms with Gasteiger partial charge >= 0.3 is 0 Å². The number of aliphatic hydroxyl groups excluding tert-OH is 1. The number of nitrogens with two attached hydrogens (primary N) is 1. The summed E-state index contributed by atoms with van der Waals surface area (Å²) in [4.78, 5) is 0. The summed E-state index contributed by atoms with van der Waals surface area (Å²) in [5.74, 6) is 0.602. The molecule has 4 heteroatoms. The minimum absolute atomic E-state index is 0.478. The number of methoxy groups -OCH3 is 1. The van der Waals surface area contributed by atoms with Crippen LogP contribution in [0.2, 0.25) is 5.02 Å². The number of aliphatic hydroxyl groups is 1. The molecule has 0 aliphatic heterocycles. The molecule has 1 atom stereocenters. The highest BCUT2D eigenvalue weighted by Crippen LogP contribution is 2.33. The predicted octanol–water partition coefficient (Wildman–Crippen LogP) is 2.43. The zero-order valence-electron chi connectivity index (χ0n) is 10.0.